The summed E-state index contributed by atoms with van der Waals surface area (Å²) in [5.74, 6) is 0.173. The first kappa shape index (κ1) is 18.0. The standard InChI is InChI=1S/C23H31N3O2/c27-22-15-18(16-26(22)19-6-2-1-3-7-19)23(28)25-13-10-17-14-20(8-9-21(17)25)24-11-4-5-12-24/h8-9,14,18-19H,1-7,10-13,15-16H2. The van der Waals surface area contributed by atoms with E-state index in [0.717, 1.165) is 44.6 Å². The first-order chi connectivity index (χ1) is 13.7. The van der Waals surface area contributed by atoms with Crippen molar-refractivity contribution < 1.29 is 9.59 Å². The number of amides is 2. The van der Waals surface area contributed by atoms with Gasteiger partial charge in [0.25, 0.3) is 0 Å². The number of carbonyl (C=O) groups is 2. The Hall–Kier alpha value is -2.04. The van der Waals surface area contributed by atoms with E-state index in [1.807, 2.05) is 9.80 Å². The molecule has 3 fully saturated rings. The largest absolute Gasteiger partial charge is 0.372 e. The van der Waals surface area contributed by atoms with Crippen molar-refractivity contribution in [3.05, 3.63) is 23.8 Å². The lowest BCUT2D eigenvalue weighted by atomic mass is 9.94. The van der Waals surface area contributed by atoms with Gasteiger partial charge in [-0.2, -0.15) is 0 Å². The van der Waals surface area contributed by atoms with Gasteiger partial charge < -0.3 is 14.7 Å². The van der Waals surface area contributed by atoms with Crippen molar-refractivity contribution in [2.45, 2.75) is 63.8 Å². The van der Waals surface area contributed by atoms with Crippen molar-refractivity contribution >= 4 is 23.2 Å². The van der Waals surface area contributed by atoms with Crippen molar-refractivity contribution in [3.8, 4) is 0 Å². The van der Waals surface area contributed by atoms with Crippen LogP contribution in [0, 0.1) is 5.92 Å². The minimum atomic E-state index is -0.168. The van der Waals surface area contributed by atoms with Crippen LogP contribution in [-0.2, 0) is 16.0 Å². The van der Waals surface area contributed by atoms with Gasteiger partial charge in [-0.1, -0.05) is 19.3 Å². The summed E-state index contributed by atoms with van der Waals surface area (Å²) in [6.07, 6.45) is 9.80. The van der Waals surface area contributed by atoms with E-state index in [0.29, 0.717) is 19.0 Å². The molecule has 4 aliphatic rings. The Morgan fingerprint density at radius 1 is 0.964 bits per heavy atom. The van der Waals surface area contributed by atoms with E-state index in [1.54, 1.807) is 0 Å². The number of carbonyl (C=O) groups excluding carboxylic acids is 2. The Kier molecular flexibility index (Phi) is 4.77. The molecule has 1 aliphatic carbocycles. The molecule has 28 heavy (non-hydrogen) atoms. The van der Waals surface area contributed by atoms with Crippen molar-refractivity contribution in [2.75, 3.05) is 36.0 Å². The van der Waals surface area contributed by atoms with Gasteiger partial charge in [0.05, 0.1) is 5.92 Å². The monoisotopic (exact) mass is 381 g/mol. The summed E-state index contributed by atoms with van der Waals surface area (Å²) in [6.45, 7) is 3.66. The molecule has 5 rings (SSSR count). The number of benzene rings is 1. The molecule has 0 radical (unpaired) electrons. The van der Waals surface area contributed by atoms with Gasteiger partial charge in [-0.25, -0.2) is 0 Å². The maximum Gasteiger partial charge on any atom is 0.232 e. The number of nitrogens with zero attached hydrogens (tertiary/aromatic N) is 3. The average Bonchev–Trinajstić information content (AvgIpc) is 3.47. The molecule has 1 saturated carbocycles. The molecule has 3 heterocycles. The molecular formula is C23H31N3O2. The van der Waals surface area contributed by atoms with Crippen molar-refractivity contribution in [1.82, 2.24) is 4.90 Å². The third-order valence-electron chi connectivity index (χ3n) is 7.22. The lowest BCUT2D eigenvalue weighted by Crippen LogP contribution is -2.40. The highest BCUT2D eigenvalue weighted by Gasteiger charge is 2.41. The SMILES string of the molecule is O=C(C1CC(=O)N(C2CCCCC2)C1)N1CCc2cc(N3CCCC3)ccc21. The molecule has 3 aliphatic heterocycles. The third kappa shape index (κ3) is 3.19. The van der Waals surface area contributed by atoms with E-state index in [9.17, 15) is 9.59 Å². The predicted molar refractivity (Wildman–Crippen MR) is 111 cm³/mol. The van der Waals surface area contributed by atoms with Crippen LogP contribution in [-0.4, -0.2) is 48.9 Å². The summed E-state index contributed by atoms with van der Waals surface area (Å²) in [4.78, 5) is 32.3. The second-order valence-electron chi connectivity index (χ2n) is 8.99. The summed E-state index contributed by atoms with van der Waals surface area (Å²) in [5.41, 5.74) is 3.65. The minimum Gasteiger partial charge on any atom is -0.372 e. The van der Waals surface area contributed by atoms with E-state index >= 15 is 0 Å². The Morgan fingerprint density at radius 2 is 1.75 bits per heavy atom. The molecule has 1 atom stereocenters. The Morgan fingerprint density at radius 3 is 2.54 bits per heavy atom. The van der Waals surface area contributed by atoms with Crippen LogP contribution in [0.25, 0.3) is 0 Å². The normalized spacial score (nSPS) is 25.6. The molecule has 5 nitrogen and oxygen atoms in total. The quantitative estimate of drug-likeness (QED) is 0.806. The van der Waals surface area contributed by atoms with E-state index in [-0.39, 0.29) is 17.7 Å². The van der Waals surface area contributed by atoms with Gasteiger partial charge in [-0.3, -0.25) is 9.59 Å². The summed E-state index contributed by atoms with van der Waals surface area (Å²) >= 11 is 0. The molecule has 1 aromatic rings. The van der Waals surface area contributed by atoms with Gasteiger partial charge in [-0.05, 0) is 55.9 Å². The molecule has 0 spiro atoms. The lowest BCUT2D eigenvalue weighted by molar-refractivity contribution is -0.130. The van der Waals surface area contributed by atoms with Gasteiger partial charge in [0, 0.05) is 50.0 Å². The molecule has 5 heteroatoms. The van der Waals surface area contributed by atoms with E-state index < -0.39 is 0 Å². The zero-order valence-corrected chi connectivity index (χ0v) is 16.7. The fraction of sp³-hybridized carbons (Fsp3) is 0.652. The Bertz CT molecular complexity index is 765. The fourth-order valence-electron chi connectivity index (χ4n) is 5.65. The van der Waals surface area contributed by atoms with Crippen molar-refractivity contribution in [1.29, 1.82) is 0 Å². The highest BCUT2D eigenvalue weighted by molar-refractivity contribution is 6.00. The number of fused-ring (bicyclic) bond motifs is 1. The summed E-state index contributed by atoms with van der Waals surface area (Å²) in [7, 11) is 0. The first-order valence-corrected chi connectivity index (χ1v) is 11.2. The molecule has 0 bridgehead atoms. The summed E-state index contributed by atoms with van der Waals surface area (Å²) in [6, 6.07) is 6.95. The van der Waals surface area contributed by atoms with Gasteiger partial charge in [0.2, 0.25) is 11.8 Å². The zero-order valence-electron chi connectivity index (χ0n) is 16.7. The average molecular weight is 382 g/mol. The van der Waals surface area contributed by atoms with Crippen LogP contribution in [0.3, 0.4) is 0 Å². The molecule has 150 valence electrons. The highest BCUT2D eigenvalue weighted by atomic mass is 16.2. The molecule has 0 aromatic heterocycles. The van der Waals surface area contributed by atoms with Crippen molar-refractivity contribution in [3.63, 3.8) is 0 Å². The smallest absolute Gasteiger partial charge is 0.232 e. The predicted octanol–water partition coefficient (Wildman–Crippen LogP) is 3.36. The van der Waals surface area contributed by atoms with Gasteiger partial charge in [0.1, 0.15) is 0 Å². The molecule has 2 amide bonds. The Labute approximate surface area is 167 Å². The van der Waals surface area contributed by atoms with E-state index in [2.05, 4.69) is 23.1 Å². The van der Waals surface area contributed by atoms with Crippen LogP contribution >= 0.6 is 0 Å². The fourth-order valence-corrected chi connectivity index (χ4v) is 5.65. The summed E-state index contributed by atoms with van der Waals surface area (Å²) < 4.78 is 0. The number of anilines is 2. The van der Waals surface area contributed by atoms with Gasteiger partial charge in [0.15, 0.2) is 0 Å². The molecule has 0 N–H and O–H groups in total. The van der Waals surface area contributed by atoms with Gasteiger partial charge >= 0.3 is 0 Å². The number of hydrogen-bond donors (Lipinski definition) is 0. The highest BCUT2D eigenvalue weighted by Crippen LogP contribution is 2.36. The van der Waals surface area contributed by atoms with Crippen LogP contribution in [0.4, 0.5) is 11.4 Å². The van der Waals surface area contributed by atoms with E-state index in [4.69, 9.17) is 0 Å². The first-order valence-electron chi connectivity index (χ1n) is 11.2. The second kappa shape index (κ2) is 7.41. The Balaban J connectivity index is 1.29. The number of likely N-dealkylation sites (tertiary alicyclic amines) is 1. The minimum absolute atomic E-state index is 0.152. The van der Waals surface area contributed by atoms with Crippen molar-refractivity contribution in [2.24, 2.45) is 5.92 Å². The number of hydrogen-bond acceptors (Lipinski definition) is 3. The third-order valence-corrected chi connectivity index (χ3v) is 7.22. The maximum absolute atomic E-state index is 13.3. The topological polar surface area (TPSA) is 43.9 Å². The van der Waals surface area contributed by atoms with Crippen LogP contribution in [0.15, 0.2) is 18.2 Å². The number of rotatable bonds is 3. The van der Waals surface area contributed by atoms with Crippen LogP contribution in [0.1, 0.15) is 56.9 Å². The molecular weight excluding hydrogens is 350 g/mol. The van der Waals surface area contributed by atoms with Crippen LogP contribution < -0.4 is 9.80 Å². The zero-order chi connectivity index (χ0) is 19.1. The van der Waals surface area contributed by atoms with Crippen LogP contribution in [0.5, 0.6) is 0 Å². The summed E-state index contributed by atoms with van der Waals surface area (Å²) in [5, 5.41) is 0. The van der Waals surface area contributed by atoms with Crippen LogP contribution in [0.2, 0.25) is 0 Å². The van der Waals surface area contributed by atoms with E-state index in [1.165, 1.54) is 43.4 Å². The molecule has 1 unspecified atom stereocenters. The van der Waals surface area contributed by atoms with Gasteiger partial charge in [-0.15, -0.1) is 0 Å². The molecule has 2 saturated heterocycles. The molecule has 1 aromatic carbocycles. The second-order valence-corrected chi connectivity index (χ2v) is 8.99. The lowest BCUT2D eigenvalue weighted by Gasteiger charge is -2.31. The maximum atomic E-state index is 13.3.